The number of rotatable bonds is 2. The van der Waals surface area contributed by atoms with Crippen LogP contribution >= 0.6 is 31.9 Å². The van der Waals surface area contributed by atoms with Gasteiger partial charge in [-0.15, -0.1) is 0 Å². The van der Waals surface area contributed by atoms with Gasteiger partial charge in [0.25, 0.3) is 5.91 Å². The number of carbonyl (C=O) groups is 2. The van der Waals surface area contributed by atoms with E-state index in [0.29, 0.717) is 10.0 Å². The lowest BCUT2D eigenvalue weighted by molar-refractivity contribution is -0.121. The number of amides is 2. The zero-order valence-corrected chi connectivity index (χ0v) is 13.0. The molecule has 1 aliphatic rings. The number of nitrogens with zero attached hydrogens (tertiary/aromatic N) is 1. The molecule has 102 valence electrons. The fourth-order valence-electron chi connectivity index (χ4n) is 2.12. The molecule has 1 aliphatic heterocycles. The van der Waals surface area contributed by atoms with Crippen molar-refractivity contribution in [1.29, 1.82) is 0 Å². The van der Waals surface area contributed by atoms with E-state index in [4.69, 9.17) is 5.73 Å². The first-order chi connectivity index (χ1) is 8.90. The molecule has 0 bridgehead atoms. The van der Waals surface area contributed by atoms with Gasteiger partial charge in [-0.25, -0.2) is 0 Å². The molecule has 0 radical (unpaired) electrons. The van der Waals surface area contributed by atoms with E-state index in [2.05, 4.69) is 31.9 Å². The van der Waals surface area contributed by atoms with E-state index >= 15 is 0 Å². The number of hydrogen-bond donors (Lipinski definition) is 2. The molecule has 1 heterocycles. The van der Waals surface area contributed by atoms with Gasteiger partial charge in [0.1, 0.15) is 6.04 Å². The monoisotopic (exact) mass is 390 g/mol. The highest BCUT2D eigenvalue weighted by Crippen LogP contribution is 2.26. The molecule has 0 spiro atoms. The van der Waals surface area contributed by atoms with Crippen LogP contribution in [0.4, 0.5) is 0 Å². The van der Waals surface area contributed by atoms with E-state index in [1.807, 2.05) is 0 Å². The quantitative estimate of drug-likeness (QED) is 0.796. The van der Waals surface area contributed by atoms with Crippen molar-refractivity contribution in [2.24, 2.45) is 5.73 Å². The van der Waals surface area contributed by atoms with Crippen molar-refractivity contribution in [2.75, 3.05) is 6.54 Å². The third-order valence-corrected chi connectivity index (χ3v) is 4.21. The molecular weight excluding hydrogens is 380 g/mol. The van der Waals surface area contributed by atoms with Crippen LogP contribution in [-0.4, -0.2) is 40.5 Å². The van der Waals surface area contributed by atoms with E-state index in [1.54, 1.807) is 18.2 Å². The maximum absolute atomic E-state index is 12.4. The summed E-state index contributed by atoms with van der Waals surface area (Å²) in [7, 11) is 0. The Kier molecular flexibility index (Phi) is 4.27. The maximum atomic E-state index is 12.4. The van der Waals surface area contributed by atoms with Crippen LogP contribution in [0.5, 0.6) is 0 Å². The molecule has 2 amide bonds. The van der Waals surface area contributed by atoms with Crippen LogP contribution < -0.4 is 5.73 Å². The second kappa shape index (κ2) is 5.60. The maximum Gasteiger partial charge on any atom is 0.255 e. The standard InChI is InChI=1S/C12H12Br2N2O3/c13-6-1-2-9(14)8(3-6)12(19)16-5-7(17)4-10(16)11(15)18/h1-3,7,10,17H,4-5H2,(H2,15,18). The Hall–Kier alpha value is -0.920. The minimum absolute atomic E-state index is 0.116. The van der Waals surface area contributed by atoms with Gasteiger partial charge in [0, 0.05) is 21.9 Å². The molecular formula is C12H12Br2N2O3. The van der Waals surface area contributed by atoms with Crippen molar-refractivity contribution < 1.29 is 14.7 Å². The van der Waals surface area contributed by atoms with Crippen LogP contribution in [0.3, 0.4) is 0 Å². The molecule has 0 aliphatic carbocycles. The van der Waals surface area contributed by atoms with Crippen LogP contribution in [0.1, 0.15) is 16.8 Å². The van der Waals surface area contributed by atoms with Crippen LogP contribution in [-0.2, 0) is 4.79 Å². The fraction of sp³-hybridized carbons (Fsp3) is 0.333. The SMILES string of the molecule is NC(=O)C1CC(O)CN1C(=O)c1cc(Br)ccc1Br. The van der Waals surface area contributed by atoms with Gasteiger partial charge < -0.3 is 15.7 Å². The number of halogens is 2. The Bertz CT molecular complexity index is 536. The Balaban J connectivity index is 2.33. The van der Waals surface area contributed by atoms with Gasteiger partial charge in [-0.05, 0) is 34.1 Å². The number of nitrogens with two attached hydrogens (primary N) is 1. The summed E-state index contributed by atoms with van der Waals surface area (Å²) in [6, 6.07) is 4.44. The van der Waals surface area contributed by atoms with Gasteiger partial charge in [-0.3, -0.25) is 9.59 Å². The van der Waals surface area contributed by atoms with Crippen LogP contribution in [0.25, 0.3) is 0 Å². The van der Waals surface area contributed by atoms with E-state index < -0.39 is 18.1 Å². The average Bonchev–Trinajstić information content (AvgIpc) is 2.74. The zero-order chi connectivity index (χ0) is 14.2. The summed E-state index contributed by atoms with van der Waals surface area (Å²) in [4.78, 5) is 25.1. The molecule has 2 atom stereocenters. The summed E-state index contributed by atoms with van der Waals surface area (Å²) in [6.07, 6.45) is -0.528. The second-order valence-electron chi connectivity index (χ2n) is 4.39. The lowest BCUT2D eigenvalue weighted by Crippen LogP contribution is -2.43. The van der Waals surface area contributed by atoms with Crippen molar-refractivity contribution in [1.82, 2.24) is 4.90 Å². The molecule has 7 heteroatoms. The number of aliphatic hydroxyl groups is 1. The molecule has 5 nitrogen and oxygen atoms in total. The molecule has 2 rings (SSSR count). The molecule has 1 saturated heterocycles. The number of aliphatic hydroxyl groups excluding tert-OH is 1. The van der Waals surface area contributed by atoms with Crippen molar-refractivity contribution in [3.8, 4) is 0 Å². The van der Waals surface area contributed by atoms with Crippen molar-refractivity contribution in [2.45, 2.75) is 18.6 Å². The summed E-state index contributed by atoms with van der Waals surface area (Å²) in [5.41, 5.74) is 5.69. The lowest BCUT2D eigenvalue weighted by Gasteiger charge is -2.22. The zero-order valence-electron chi connectivity index (χ0n) is 9.85. The molecule has 1 aromatic rings. The number of benzene rings is 1. The Morgan fingerprint density at radius 2 is 2.05 bits per heavy atom. The predicted octanol–water partition coefficient (Wildman–Crippen LogP) is 1.27. The minimum atomic E-state index is -0.756. The van der Waals surface area contributed by atoms with E-state index in [0.717, 1.165) is 4.47 Å². The number of hydrogen-bond acceptors (Lipinski definition) is 3. The molecule has 1 fully saturated rings. The molecule has 1 aromatic carbocycles. The first-order valence-electron chi connectivity index (χ1n) is 5.63. The first-order valence-corrected chi connectivity index (χ1v) is 7.22. The van der Waals surface area contributed by atoms with E-state index in [1.165, 1.54) is 4.90 Å². The molecule has 3 N–H and O–H groups in total. The topological polar surface area (TPSA) is 83.6 Å². The normalized spacial score (nSPS) is 22.6. The Morgan fingerprint density at radius 1 is 1.37 bits per heavy atom. The van der Waals surface area contributed by atoms with Crippen molar-refractivity contribution in [3.05, 3.63) is 32.7 Å². The summed E-state index contributed by atoms with van der Waals surface area (Å²) in [5.74, 6) is -0.926. The minimum Gasteiger partial charge on any atom is -0.391 e. The van der Waals surface area contributed by atoms with E-state index in [-0.39, 0.29) is 18.9 Å². The van der Waals surface area contributed by atoms with Gasteiger partial charge in [0.15, 0.2) is 0 Å². The van der Waals surface area contributed by atoms with Crippen molar-refractivity contribution >= 4 is 43.7 Å². The van der Waals surface area contributed by atoms with Gasteiger partial charge in [0.2, 0.25) is 5.91 Å². The van der Waals surface area contributed by atoms with Gasteiger partial charge >= 0.3 is 0 Å². The van der Waals surface area contributed by atoms with Crippen LogP contribution in [0.15, 0.2) is 27.1 Å². The Morgan fingerprint density at radius 3 is 2.68 bits per heavy atom. The number of primary amides is 1. The lowest BCUT2D eigenvalue weighted by atomic mass is 10.1. The summed E-state index contributed by atoms with van der Waals surface area (Å²) in [6.45, 7) is 0.116. The van der Waals surface area contributed by atoms with Gasteiger partial charge in [0.05, 0.1) is 11.7 Å². The summed E-state index contributed by atoms with van der Waals surface area (Å²) < 4.78 is 1.39. The number of β-amino-alcohol motifs (C(OH)–C–C–N with tert-alkyl or cyclic N) is 1. The Labute approximate surface area is 127 Å². The van der Waals surface area contributed by atoms with E-state index in [9.17, 15) is 14.7 Å². The highest BCUT2D eigenvalue weighted by molar-refractivity contribution is 9.11. The first kappa shape index (κ1) is 14.5. The average molecular weight is 392 g/mol. The molecule has 0 saturated carbocycles. The van der Waals surface area contributed by atoms with Crippen LogP contribution in [0, 0.1) is 0 Å². The van der Waals surface area contributed by atoms with Gasteiger partial charge in [-0.1, -0.05) is 15.9 Å². The third kappa shape index (κ3) is 2.98. The molecule has 19 heavy (non-hydrogen) atoms. The van der Waals surface area contributed by atoms with Crippen LogP contribution in [0.2, 0.25) is 0 Å². The van der Waals surface area contributed by atoms with Crippen molar-refractivity contribution in [3.63, 3.8) is 0 Å². The summed E-state index contributed by atoms with van der Waals surface area (Å²) in [5, 5.41) is 9.62. The number of likely N-dealkylation sites (tertiary alicyclic amines) is 1. The van der Waals surface area contributed by atoms with Gasteiger partial charge in [-0.2, -0.15) is 0 Å². The summed E-state index contributed by atoms with van der Waals surface area (Å²) >= 11 is 6.60. The highest BCUT2D eigenvalue weighted by Gasteiger charge is 2.38. The number of carbonyl (C=O) groups excluding carboxylic acids is 2. The predicted molar refractivity (Wildman–Crippen MR) is 76.5 cm³/mol. The highest BCUT2D eigenvalue weighted by atomic mass is 79.9. The molecule has 0 aromatic heterocycles. The smallest absolute Gasteiger partial charge is 0.255 e. The fourth-order valence-corrected chi connectivity index (χ4v) is 2.90. The largest absolute Gasteiger partial charge is 0.391 e. The third-order valence-electron chi connectivity index (χ3n) is 3.03. The second-order valence-corrected chi connectivity index (χ2v) is 6.16. The molecule has 2 unspecified atom stereocenters.